The summed E-state index contributed by atoms with van der Waals surface area (Å²) in [5.74, 6) is 2.23. The zero-order valence-corrected chi connectivity index (χ0v) is 31.4. The Labute approximate surface area is 301 Å². The van der Waals surface area contributed by atoms with Crippen molar-refractivity contribution in [3.8, 4) is 5.75 Å². The number of hydrogen-bond acceptors (Lipinski definition) is 7. The van der Waals surface area contributed by atoms with Crippen molar-refractivity contribution >= 4 is 67.6 Å². The average Bonchev–Trinajstić information content (AvgIpc) is 3.54. The predicted octanol–water partition coefficient (Wildman–Crippen LogP) is 9.26. The van der Waals surface area contributed by atoms with Crippen molar-refractivity contribution in [2.45, 2.75) is 85.6 Å². The molecule has 0 saturated carbocycles. The number of aromatic nitrogens is 1. The summed E-state index contributed by atoms with van der Waals surface area (Å²) in [7, 11) is 1.70. The number of methoxy groups -OCH3 is 1. The summed E-state index contributed by atoms with van der Waals surface area (Å²) in [6, 6.07) is 16.4. The number of thioether (sulfide) groups is 1. The summed E-state index contributed by atoms with van der Waals surface area (Å²) in [4.78, 5) is 32.9. The van der Waals surface area contributed by atoms with Crippen molar-refractivity contribution in [2.75, 3.05) is 31.3 Å². The Morgan fingerprint density at radius 2 is 1.71 bits per heavy atom. The van der Waals surface area contributed by atoms with Gasteiger partial charge in [0, 0.05) is 46.8 Å². The van der Waals surface area contributed by atoms with E-state index >= 15 is 0 Å². The maximum atomic E-state index is 13.2. The number of rotatable bonds is 15. The van der Waals surface area contributed by atoms with Gasteiger partial charge in [-0.05, 0) is 99.0 Å². The third-order valence-corrected chi connectivity index (χ3v) is 11.5. The number of nitrogens with one attached hydrogen (secondary N) is 2. The number of anilines is 1. The van der Waals surface area contributed by atoms with Gasteiger partial charge in [0.15, 0.2) is 0 Å². The summed E-state index contributed by atoms with van der Waals surface area (Å²) >= 11 is 6.87. The van der Waals surface area contributed by atoms with Gasteiger partial charge in [0.2, 0.25) is 0 Å². The number of pyridine rings is 1. The van der Waals surface area contributed by atoms with Crippen LogP contribution >= 0.6 is 24.0 Å². The molecule has 2 amide bonds. The highest BCUT2D eigenvalue weighted by molar-refractivity contribution is 8.23. The molecule has 0 spiro atoms. The van der Waals surface area contributed by atoms with Crippen LogP contribution in [0, 0.1) is 19.8 Å². The molecule has 1 fully saturated rings. The molecule has 5 rings (SSSR count). The standard InChI is InChI=1S/C40H50N4O3S2/c1-7-28(8-2)12-9-11-25(3)42-37-33-16-14-29(23-36(33)43-35-19-15-30(47-6)24-34(35)37)13-10-20-41-38(45)31-17-18-32(27(5)26(31)4)39(46)44-21-22-49-40(44)48/h14-19,23-25,28H,7-13,20-22H2,1-6H3,(H,41,45)(H,42,43). The second kappa shape index (κ2) is 16.8. The molecule has 1 saturated heterocycles. The topological polar surface area (TPSA) is 83.6 Å². The Balaban J connectivity index is 1.25. The fraction of sp³-hybridized carbons (Fsp3) is 0.450. The third kappa shape index (κ3) is 8.55. The van der Waals surface area contributed by atoms with Gasteiger partial charge in [0.05, 0.1) is 23.8 Å². The lowest BCUT2D eigenvalue weighted by molar-refractivity contribution is 0.0859. The van der Waals surface area contributed by atoms with E-state index in [-0.39, 0.29) is 11.8 Å². The van der Waals surface area contributed by atoms with Crippen molar-refractivity contribution in [1.29, 1.82) is 0 Å². The zero-order chi connectivity index (χ0) is 35.1. The number of carbonyl (C=O) groups excluding carboxylic acids is 2. The van der Waals surface area contributed by atoms with Crippen LogP contribution in [0.1, 0.15) is 96.7 Å². The van der Waals surface area contributed by atoms with Crippen LogP contribution in [0.2, 0.25) is 0 Å². The van der Waals surface area contributed by atoms with Crippen LogP contribution in [0.5, 0.6) is 5.75 Å². The summed E-state index contributed by atoms with van der Waals surface area (Å²) in [5, 5.41) is 9.10. The number of amides is 2. The van der Waals surface area contributed by atoms with E-state index in [1.54, 1.807) is 24.1 Å². The van der Waals surface area contributed by atoms with Gasteiger partial charge in [-0.2, -0.15) is 0 Å². The largest absolute Gasteiger partial charge is 0.497 e. The number of carbonyl (C=O) groups is 2. The fourth-order valence-corrected chi connectivity index (χ4v) is 7.95. The molecular formula is C40H50N4O3S2. The maximum absolute atomic E-state index is 13.2. The zero-order valence-electron chi connectivity index (χ0n) is 29.8. The summed E-state index contributed by atoms with van der Waals surface area (Å²) in [6.45, 7) is 11.8. The molecular weight excluding hydrogens is 649 g/mol. The molecule has 1 aliphatic heterocycles. The second-order valence-corrected chi connectivity index (χ2v) is 15.0. The SMILES string of the molecule is CCC(CC)CCCC(C)Nc1c2ccc(CCCNC(=O)c3ccc(C(=O)N4CCSC4=S)c(C)c3C)cc2nc2ccc(OC)cc12. The number of nitrogens with zero attached hydrogens (tertiary/aromatic N) is 2. The first-order valence-corrected chi connectivity index (χ1v) is 19.1. The number of aryl methyl sites for hydroxylation is 1. The molecule has 3 aromatic carbocycles. The minimum Gasteiger partial charge on any atom is -0.497 e. The van der Waals surface area contributed by atoms with E-state index in [1.807, 2.05) is 26.0 Å². The Kier molecular flexibility index (Phi) is 12.6. The molecule has 1 atom stereocenters. The Morgan fingerprint density at radius 3 is 2.43 bits per heavy atom. The van der Waals surface area contributed by atoms with E-state index in [4.69, 9.17) is 21.9 Å². The lowest BCUT2D eigenvalue weighted by atomic mass is 9.95. The van der Waals surface area contributed by atoms with E-state index in [2.05, 4.69) is 55.7 Å². The van der Waals surface area contributed by atoms with Gasteiger partial charge >= 0.3 is 0 Å². The normalized spacial score (nSPS) is 13.8. The van der Waals surface area contributed by atoms with Gasteiger partial charge in [-0.1, -0.05) is 75.6 Å². The van der Waals surface area contributed by atoms with Crippen LogP contribution in [0.15, 0.2) is 48.5 Å². The molecule has 0 bridgehead atoms. The minimum atomic E-state index is -0.126. The monoisotopic (exact) mass is 698 g/mol. The molecule has 1 aliphatic rings. The number of fused-ring (bicyclic) bond motifs is 2. The summed E-state index contributed by atoms with van der Waals surface area (Å²) in [6.07, 6.45) is 7.70. The van der Waals surface area contributed by atoms with Gasteiger partial charge in [-0.15, -0.1) is 0 Å². The van der Waals surface area contributed by atoms with Gasteiger partial charge in [0.1, 0.15) is 10.1 Å². The van der Waals surface area contributed by atoms with Crippen LogP contribution in [0.3, 0.4) is 0 Å². The molecule has 0 aliphatic carbocycles. The molecule has 1 aromatic heterocycles. The van der Waals surface area contributed by atoms with Gasteiger partial charge in [-0.3, -0.25) is 14.5 Å². The summed E-state index contributed by atoms with van der Waals surface area (Å²) in [5.41, 5.74) is 7.00. The number of benzene rings is 3. The first kappa shape index (κ1) is 36.6. The molecule has 260 valence electrons. The second-order valence-electron chi connectivity index (χ2n) is 13.2. The van der Waals surface area contributed by atoms with E-state index < -0.39 is 0 Å². The molecule has 4 aromatic rings. The first-order chi connectivity index (χ1) is 23.6. The lowest BCUT2D eigenvalue weighted by Gasteiger charge is -2.20. The molecule has 0 radical (unpaired) electrons. The molecule has 7 nitrogen and oxygen atoms in total. The molecule has 2 N–H and O–H groups in total. The number of hydrogen-bond donors (Lipinski definition) is 2. The van der Waals surface area contributed by atoms with Crippen molar-refractivity contribution in [2.24, 2.45) is 5.92 Å². The Morgan fingerprint density at radius 1 is 0.959 bits per heavy atom. The van der Waals surface area contributed by atoms with Crippen molar-refractivity contribution in [3.05, 3.63) is 76.3 Å². The van der Waals surface area contributed by atoms with E-state index in [1.165, 1.54) is 43.0 Å². The predicted molar refractivity (Wildman–Crippen MR) is 209 cm³/mol. The van der Waals surface area contributed by atoms with Gasteiger partial charge < -0.3 is 15.4 Å². The Bertz CT molecular complexity index is 1840. The maximum Gasteiger partial charge on any atom is 0.259 e. The lowest BCUT2D eigenvalue weighted by Crippen LogP contribution is -2.32. The molecule has 49 heavy (non-hydrogen) atoms. The molecule has 1 unspecified atom stereocenters. The van der Waals surface area contributed by atoms with Gasteiger partial charge in [0.25, 0.3) is 11.8 Å². The highest BCUT2D eigenvalue weighted by Gasteiger charge is 2.27. The number of thiocarbonyl (C=S) groups is 1. The quantitative estimate of drug-likeness (QED) is 0.0728. The Hall–Kier alpha value is -3.69. The first-order valence-electron chi connectivity index (χ1n) is 17.7. The van der Waals surface area contributed by atoms with Gasteiger partial charge in [-0.25, -0.2) is 4.98 Å². The molecule has 9 heteroatoms. The van der Waals surface area contributed by atoms with Crippen LogP contribution in [-0.4, -0.2) is 58.0 Å². The fourth-order valence-electron chi connectivity index (χ4n) is 6.75. The van der Waals surface area contributed by atoms with Crippen LogP contribution in [-0.2, 0) is 6.42 Å². The smallest absolute Gasteiger partial charge is 0.259 e. The minimum absolute atomic E-state index is 0.0925. The van der Waals surface area contributed by atoms with Crippen LogP contribution in [0.25, 0.3) is 21.8 Å². The number of ether oxygens (including phenoxy) is 1. The van der Waals surface area contributed by atoms with E-state index in [9.17, 15) is 9.59 Å². The average molecular weight is 699 g/mol. The van der Waals surface area contributed by atoms with E-state index in [0.717, 1.165) is 75.3 Å². The highest BCUT2D eigenvalue weighted by atomic mass is 32.2. The van der Waals surface area contributed by atoms with Crippen LogP contribution < -0.4 is 15.4 Å². The van der Waals surface area contributed by atoms with Crippen molar-refractivity contribution in [1.82, 2.24) is 15.2 Å². The van der Waals surface area contributed by atoms with E-state index in [0.29, 0.717) is 34.6 Å². The third-order valence-electron chi connectivity index (χ3n) is 10.0. The summed E-state index contributed by atoms with van der Waals surface area (Å²) < 4.78 is 6.19. The van der Waals surface area contributed by atoms with Crippen LogP contribution in [0.4, 0.5) is 5.69 Å². The highest BCUT2D eigenvalue weighted by Crippen LogP contribution is 2.35. The molecule has 2 heterocycles. The van der Waals surface area contributed by atoms with Crippen molar-refractivity contribution < 1.29 is 14.3 Å². The van der Waals surface area contributed by atoms with Crippen molar-refractivity contribution in [3.63, 3.8) is 0 Å².